The van der Waals surface area contributed by atoms with Gasteiger partial charge in [-0.15, -0.1) is 6.58 Å². The second-order valence-corrected chi connectivity index (χ2v) is 32.9. The molecule has 2 aliphatic heterocycles. The van der Waals surface area contributed by atoms with Gasteiger partial charge in [0.25, 0.3) is 0 Å². The summed E-state index contributed by atoms with van der Waals surface area (Å²) in [4.78, 5) is 70.3. The molecule has 2 aliphatic rings. The minimum atomic E-state index is -0.361. The van der Waals surface area contributed by atoms with E-state index in [9.17, 15) is 31.4 Å². The number of anilines is 9. The quantitative estimate of drug-likeness (QED) is 0.0489. The topological polar surface area (TPSA) is 245 Å². The molecule has 24 nitrogen and oxygen atoms in total. The summed E-state index contributed by atoms with van der Waals surface area (Å²) in [6.45, 7) is 9.81. The average Bonchev–Trinajstić information content (AvgIpc) is 0.779. The third-order valence-electron chi connectivity index (χ3n) is 22.3. The number of nitrogen functional groups attached to an aromatic ring is 1. The first-order valence-electron chi connectivity index (χ1n) is 43.8. The molecule has 0 radical (unpaired) electrons. The third-order valence-corrected chi connectivity index (χ3v) is 22.3. The Balaban J connectivity index is 0.000000124. The van der Waals surface area contributed by atoms with Crippen molar-refractivity contribution in [2.75, 3.05) is 176 Å². The number of rotatable bonds is 17. The summed E-state index contributed by atoms with van der Waals surface area (Å²) in [7, 11) is 22.5. The zero-order valence-corrected chi connectivity index (χ0v) is 77.3. The standard InChI is InChI=1S/C20H21FN4O.C19H19FN4.C18H16FN3.C17H16FN3O.C16H15FN4.C16H14FN3O/c1-24(2)20-16-13-14(25-9-11-26-12-10-25)7-8-18(16)22-19(23-20)15-5-3-4-6-17(15)21;1-23(2)19-15-12-13(24-10-5-11-24)8-9-17(15)21-18(22-19)14-6-3-4-7-16(14)20;1-3-12-22(2)18-14-9-5-7-11-16(14)20-17(21-18)13-8-4-6-10-15(13)19;1-21(2)17-13-10-11(22-3)8-9-15(13)19-16(20-17)12-6-4-5-7-14(12)18;1-21(2)16-12-8-7-10(18)9-14(12)19-15(20-16)11-5-3-4-6-13(11)17;1-20(2)16-14-11(17)7-5-8-12(14)18-15(19-16)10-6-3-4-9-13(10)21/h3-8,13H,9-12H2,1-2H3;3-4,6-9,12H,5,10-11H2,1-2H3;3-11H,1,12H2,2H3;4-10H,1-3H3;3-9H,18H2,1-2H3;3-9,21H,1-2H3. The molecule has 0 saturated carbocycles. The minimum Gasteiger partial charge on any atom is -0.507 e. The molecule has 690 valence electrons. The van der Waals surface area contributed by atoms with Crippen molar-refractivity contribution in [3.05, 3.63) is 308 Å². The zero-order valence-electron chi connectivity index (χ0n) is 77.3. The van der Waals surface area contributed by atoms with Crippen LogP contribution in [-0.4, -0.2) is 195 Å². The van der Waals surface area contributed by atoms with E-state index in [0.29, 0.717) is 103 Å². The normalized spacial score (nSPS) is 12.0. The van der Waals surface area contributed by atoms with Gasteiger partial charge in [0.05, 0.1) is 92.2 Å². The van der Waals surface area contributed by atoms with Crippen molar-refractivity contribution in [2.45, 2.75) is 6.42 Å². The molecule has 0 atom stereocenters. The zero-order chi connectivity index (χ0) is 96.0. The van der Waals surface area contributed by atoms with Crippen molar-refractivity contribution < 1.29 is 40.9 Å². The van der Waals surface area contributed by atoms with Crippen molar-refractivity contribution >= 4 is 117 Å². The molecule has 20 rings (SSSR count). The number of halogens is 6. The molecule has 0 unspecified atom stereocenters. The summed E-state index contributed by atoms with van der Waals surface area (Å²) in [5.41, 5.74) is 15.7. The Hall–Kier alpha value is -16.2. The maximum absolute atomic E-state index is 14.2. The van der Waals surface area contributed by atoms with Crippen LogP contribution in [0.4, 0.5) is 78.3 Å². The fraction of sp³-hybridized carbons (Fsp3) is 0.189. The highest BCUT2D eigenvalue weighted by molar-refractivity contribution is 5.98. The average molecular weight is 1830 g/mol. The summed E-state index contributed by atoms with van der Waals surface area (Å²) < 4.78 is 95.1. The second-order valence-electron chi connectivity index (χ2n) is 32.9. The number of fused-ring (bicyclic) bond motifs is 6. The Bertz CT molecular complexity index is 7320. The fourth-order valence-corrected chi connectivity index (χ4v) is 15.4. The van der Waals surface area contributed by atoms with Gasteiger partial charge in [0, 0.05) is 154 Å². The van der Waals surface area contributed by atoms with Gasteiger partial charge >= 0.3 is 0 Å². The van der Waals surface area contributed by atoms with E-state index in [2.05, 4.69) is 100 Å². The number of ether oxygens (including phenoxy) is 2. The number of phenolic OH excluding ortho intramolecular Hbond substituents is 1. The van der Waals surface area contributed by atoms with Gasteiger partial charge in [-0.2, -0.15) is 0 Å². The number of benzene rings is 12. The Morgan fingerprint density at radius 2 is 0.676 bits per heavy atom. The number of aromatic hydroxyl groups is 1. The van der Waals surface area contributed by atoms with Crippen molar-refractivity contribution in [3.8, 4) is 79.8 Å². The van der Waals surface area contributed by atoms with Gasteiger partial charge in [-0.3, -0.25) is 0 Å². The summed E-state index contributed by atoms with van der Waals surface area (Å²) in [5, 5.41) is 15.0. The molecule has 6 aromatic heterocycles. The van der Waals surface area contributed by atoms with Gasteiger partial charge in [0.2, 0.25) is 0 Å². The van der Waals surface area contributed by atoms with Gasteiger partial charge < -0.3 is 59.5 Å². The smallest absolute Gasteiger partial charge is 0.165 e. The first kappa shape index (κ1) is 94.4. The van der Waals surface area contributed by atoms with Crippen LogP contribution in [0.2, 0.25) is 0 Å². The number of nitrogens with two attached hydrogens (primary N) is 1. The molecular weight excluding hydrogens is 1730 g/mol. The van der Waals surface area contributed by atoms with Crippen LogP contribution >= 0.6 is 0 Å². The van der Waals surface area contributed by atoms with E-state index in [4.69, 9.17) is 15.2 Å². The monoisotopic (exact) mass is 1830 g/mol. The molecule has 0 aliphatic carbocycles. The summed E-state index contributed by atoms with van der Waals surface area (Å²) in [6, 6.07) is 75.5. The summed E-state index contributed by atoms with van der Waals surface area (Å²) in [6.07, 6.45) is 3.04. The van der Waals surface area contributed by atoms with Gasteiger partial charge in [-0.05, 0) is 176 Å². The highest BCUT2D eigenvalue weighted by atomic mass is 19.1. The van der Waals surface area contributed by atoms with Crippen molar-refractivity contribution in [1.29, 1.82) is 0 Å². The molecule has 0 bridgehead atoms. The molecule has 12 aromatic carbocycles. The van der Waals surface area contributed by atoms with Crippen LogP contribution in [-0.2, 0) is 4.74 Å². The van der Waals surface area contributed by atoms with E-state index < -0.39 is 0 Å². The first-order valence-corrected chi connectivity index (χ1v) is 43.8. The highest BCUT2D eigenvalue weighted by Gasteiger charge is 2.25. The maximum atomic E-state index is 14.2. The van der Waals surface area contributed by atoms with Crippen LogP contribution in [0.1, 0.15) is 6.42 Å². The van der Waals surface area contributed by atoms with Gasteiger partial charge in [-0.25, -0.2) is 86.2 Å². The van der Waals surface area contributed by atoms with Crippen LogP contribution < -0.4 is 49.7 Å². The van der Waals surface area contributed by atoms with E-state index in [1.54, 1.807) is 166 Å². The van der Waals surface area contributed by atoms with Gasteiger partial charge in [0.15, 0.2) is 34.9 Å². The lowest BCUT2D eigenvalue weighted by molar-refractivity contribution is 0.122. The SMILES string of the molecule is C=CCN(C)c1nc(-c2ccccc2F)nc2ccccc12.CN(C)c1nc(-c2ccccc2F)nc2cc(N)ccc12.CN(C)c1nc(-c2ccccc2F)nc2ccc(N3CCC3)cc12.CN(C)c1nc(-c2ccccc2F)nc2ccc(N3CCOCC3)cc12.CN(C)c1nc(-c2ccccc2O)nc2cccc(F)c12.COc1ccc2nc(-c3ccccc3F)nc(N(C)C)c2c1. The molecule has 8 heterocycles. The number of hydrogen-bond acceptors (Lipinski definition) is 24. The lowest BCUT2D eigenvalue weighted by Crippen LogP contribution is -2.36. The van der Waals surface area contributed by atoms with Crippen molar-refractivity contribution in [2.24, 2.45) is 0 Å². The lowest BCUT2D eigenvalue weighted by Gasteiger charge is -2.33. The Morgan fingerprint density at radius 3 is 1.10 bits per heavy atom. The Morgan fingerprint density at radius 1 is 0.338 bits per heavy atom. The number of likely N-dealkylation sites (N-methyl/N-ethyl adjacent to an activating group) is 1. The van der Waals surface area contributed by atoms with Crippen LogP contribution in [0.15, 0.2) is 274 Å². The lowest BCUT2D eigenvalue weighted by atomic mass is 10.1. The number of methoxy groups -OCH3 is 1. The minimum absolute atomic E-state index is 0.0953. The van der Waals surface area contributed by atoms with Crippen LogP contribution in [0.25, 0.3) is 134 Å². The molecule has 0 amide bonds. The number of para-hydroxylation sites is 2. The molecular formula is C106H101F6N21O3. The maximum Gasteiger partial charge on any atom is 0.165 e. The second kappa shape index (κ2) is 42.5. The van der Waals surface area contributed by atoms with E-state index in [-0.39, 0.29) is 40.7 Å². The van der Waals surface area contributed by atoms with Crippen molar-refractivity contribution in [1.82, 2.24) is 59.8 Å². The number of nitrogens with zero attached hydrogens (tertiary/aromatic N) is 20. The van der Waals surface area contributed by atoms with Gasteiger partial charge in [-0.1, -0.05) is 97.1 Å². The van der Waals surface area contributed by atoms with Crippen LogP contribution in [0, 0.1) is 34.9 Å². The van der Waals surface area contributed by atoms with Crippen LogP contribution in [0.3, 0.4) is 0 Å². The third kappa shape index (κ3) is 21.4. The number of hydrogen-bond donors (Lipinski definition) is 2. The fourth-order valence-electron chi connectivity index (χ4n) is 15.4. The van der Waals surface area contributed by atoms with E-state index in [1.807, 2.05) is 155 Å². The molecule has 0 spiro atoms. The predicted octanol–water partition coefficient (Wildman–Crippen LogP) is 20.9. The predicted molar refractivity (Wildman–Crippen MR) is 537 cm³/mol. The van der Waals surface area contributed by atoms with E-state index in [0.717, 1.165) is 129 Å². The van der Waals surface area contributed by atoms with Crippen molar-refractivity contribution in [3.63, 3.8) is 0 Å². The molecule has 2 fully saturated rings. The Kier molecular flexibility index (Phi) is 29.5. The van der Waals surface area contributed by atoms with E-state index >= 15 is 0 Å². The molecule has 2 saturated heterocycles. The van der Waals surface area contributed by atoms with E-state index in [1.165, 1.54) is 48.5 Å². The highest BCUT2D eigenvalue weighted by Crippen LogP contribution is 2.39. The summed E-state index contributed by atoms with van der Waals surface area (Å²) in [5.74, 6) is 5.45. The molecule has 136 heavy (non-hydrogen) atoms. The molecule has 30 heteroatoms. The number of morpholine rings is 1. The number of aromatic nitrogens is 12. The molecule has 18 aromatic rings. The van der Waals surface area contributed by atoms with Crippen LogP contribution in [0.5, 0.6) is 11.5 Å². The molecule has 3 N–H and O–H groups in total. The number of phenols is 1. The largest absolute Gasteiger partial charge is 0.507 e. The first-order chi connectivity index (χ1) is 65.7. The van der Waals surface area contributed by atoms with Gasteiger partial charge in [0.1, 0.15) is 81.3 Å². The summed E-state index contributed by atoms with van der Waals surface area (Å²) >= 11 is 0. The Labute approximate surface area is 784 Å².